The SMILES string of the molecule is Cc1nn(-c2ccc(F)cc2)c(C)c1C(=O)NCCc1ccccc1. The smallest absolute Gasteiger partial charge is 0.255 e. The molecule has 0 atom stereocenters. The molecule has 1 heterocycles. The van der Waals surface area contributed by atoms with Crippen LogP contribution in [0.4, 0.5) is 4.39 Å². The van der Waals surface area contributed by atoms with Gasteiger partial charge in [-0.15, -0.1) is 0 Å². The summed E-state index contributed by atoms with van der Waals surface area (Å²) in [5, 5.41) is 7.38. The lowest BCUT2D eigenvalue weighted by Gasteiger charge is -2.07. The predicted octanol–water partition coefficient (Wildman–Crippen LogP) is 3.60. The minimum atomic E-state index is -0.302. The molecule has 0 saturated carbocycles. The van der Waals surface area contributed by atoms with Crippen molar-refractivity contribution in [1.29, 1.82) is 0 Å². The van der Waals surface area contributed by atoms with Gasteiger partial charge in [0.1, 0.15) is 5.82 Å². The van der Waals surface area contributed by atoms with Gasteiger partial charge in [0.2, 0.25) is 0 Å². The van der Waals surface area contributed by atoms with E-state index in [4.69, 9.17) is 0 Å². The Kier molecular flexibility index (Phi) is 4.93. The summed E-state index contributed by atoms with van der Waals surface area (Å²) >= 11 is 0. The third-order valence-electron chi connectivity index (χ3n) is 4.13. The lowest BCUT2D eigenvalue weighted by atomic mass is 10.1. The van der Waals surface area contributed by atoms with E-state index in [1.54, 1.807) is 23.7 Å². The van der Waals surface area contributed by atoms with Crippen molar-refractivity contribution in [3.63, 3.8) is 0 Å². The summed E-state index contributed by atoms with van der Waals surface area (Å²) in [5.74, 6) is -0.441. The highest BCUT2D eigenvalue weighted by Crippen LogP contribution is 2.18. The second-order valence-electron chi connectivity index (χ2n) is 5.93. The molecule has 0 spiro atoms. The fraction of sp³-hybridized carbons (Fsp3) is 0.200. The molecule has 0 unspecified atom stereocenters. The average molecular weight is 337 g/mol. The molecular weight excluding hydrogens is 317 g/mol. The van der Waals surface area contributed by atoms with E-state index in [1.165, 1.54) is 17.7 Å². The van der Waals surface area contributed by atoms with Gasteiger partial charge in [0, 0.05) is 6.54 Å². The molecule has 0 fully saturated rings. The van der Waals surface area contributed by atoms with E-state index in [9.17, 15) is 9.18 Å². The number of hydrogen-bond donors (Lipinski definition) is 1. The highest BCUT2D eigenvalue weighted by Gasteiger charge is 2.19. The first-order valence-corrected chi connectivity index (χ1v) is 8.20. The van der Waals surface area contributed by atoms with Gasteiger partial charge in [-0.2, -0.15) is 5.10 Å². The van der Waals surface area contributed by atoms with Crippen LogP contribution in [0, 0.1) is 19.7 Å². The van der Waals surface area contributed by atoms with Crippen LogP contribution in [0.1, 0.15) is 27.3 Å². The summed E-state index contributed by atoms with van der Waals surface area (Å²) in [5.41, 5.74) is 3.86. The standard InChI is InChI=1S/C20H20FN3O/c1-14-19(20(25)22-13-12-16-6-4-3-5-7-16)15(2)24(23-14)18-10-8-17(21)9-11-18/h3-11H,12-13H2,1-2H3,(H,22,25). The number of aromatic nitrogens is 2. The number of halogens is 1. The van der Waals surface area contributed by atoms with Crippen molar-refractivity contribution in [2.45, 2.75) is 20.3 Å². The second kappa shape index (κ2) is 7.30. The summed E-state index contributed by atoms with van der Waals surface area (Å²) in [6, 6.07) is 16.1. The first-order chi connectivity index (χ1) is 12.1. The van der Waals surface area contributed by atoms with Crippen LogP contribution >= 0.6 is 0 Å². The maximum absolute atomic E-state index is 13.1. The Balaban J connectivity index is 1.73. The Labute approximate surface area is 146 Å². The summed E-state index contributed by atoms with van der Waals surface area (Å²) in [6.45, 7) is 4.21. The van der Waals surface area contributed by atoms with Crippen LogP contribution < -0.4 is 5.32 Å². The molecule has 0 radical (unpaired) electrons. The van der Waals surface area contributed by atoms with Gasteiger partial charge in [0.05, 0.1) is 22.6 Å². The van der Waals surface area contributed by atoms with E-state index < -0.39 is 0 Å². The summed E-state index contributed by atoms with van der Waals surface area (Å²) < 4.78 is 14.8. The number of nitrogens with one attached hydrogen (secondary N) is 1. The zero-order valence-electron chi connectivity index (χ0n) is 14.3. The summed E-state index contributed by atoms with van der Waals surface area (Å²) in [4.78, 5) is 12.6. The molecule has 3 aromatic rings. The largest absolute Gasteiger partial charge is 0.352 e. The molecule has 1 N–H and O–H groups in total. The van der Waals surface area contributed by atoms with Crippen LogP contribution in [0.25, 0.3) is 5.69 Å². The lowest BCUT2D eigenvalue weighted by Crippen LogP contribution is -2.26. The molecule has 1 aromatic heterocycles. The average Bonchev–Trinajstić information content (AvgIpc) is 2.91. The number of nitrogens with zero attached hydrogens (tertiary/aromatic N) is 2. The van der Waals surface area contributed by atoms with Gasteiger partial charge in [-0.1, -0.05) is 30.3 Å². The number of amides is 1. The van der Waals surface area contributed by atoms with Crippen molar-refractivity contribution in [2.75, 3.05) is 6.54 Å². The third-order valence-corrected chi connectivity index (χ3v) is 4.13. The predicted molar refractivity (Wildman–Crippen MR) is 95.5 cm³/mol. The monoisotopic (exact) mass is 337 g/mol. The zero-order valence-corrected chi connectivity index (χ0v) is 14.3. The molecule has 3 rings (SSSR count). The van der Waals surface area contributed by atoms with Crippen LogP contribution in [0.5, 0.6) is 0 Å². The van der Waals surface area contributed by atoms with Crippen molar-refractivity contribution in [3.8, 4) is 5.69 Å². The van der Waals surface area contributed by atoms with Crippen LogP contribution in [0.2, 0.25) is 0 Å². The lowest BCUT2D eigenvalue weighted by molar-refractivity contribution is 0.0953. The quantitative estimate of drug-likeness (QED) is 0.773. The highest BCUT2D eigenvalue weighted by atomic mass is 19.1. The van der Waals surface area contributed by atoms with Crippen molar-refractivity contribution in [2.24, 2.45) is 0 Å². The van der Waals surface area contributed by atoms with E-state index in [1.807, 2.05) is 37.3 Å². The van der Waals surface area contributed by atoms with E-state index in [-0.39, 0.29) is 11.7 Å². The molecule has 0 aliphatic heterocycles. The Morgan fingerprint density at radius 3 is 2.44 bits per heavy atom. The van der Waals surface area contributed by atoms with E-state index >= 15 is 0 Å². The van der Waals surface area contributed by atoms with Crippen molar-refractivity contribution >= 4 is 5.91 Å². The van der Waals surface area contributed by atoms with Crippen molar-refractivity contribution in [3.05, 3.63) is 82.9 Å². The first kappa shape index (κ1) is 16.9. The molecule has 1 amide bonds. The topological polar surface area (TPSA) is 46.9 Å². The zero-order chi connectivity index (χ0) is 17.8. The van der Waals surface area contributed by atoms with Crippen LogP contribution in [-0.2, 0) is 6.42 Å². The minimum Gasteiger partial charge on any atom is -0.352 e. The Morgan fingerprint density at radius 1 is 1.08 bits per heavy atom. The number of hydrogen-bond acceptors (Lipinski definition) is 2. The fourth-order valence-electron chi connectivity index (χ4n) is 2.86. The molecule has 128 valence electrons. The molecule has 0 aliphatic carbocycles. The van der Waals surface area contributed by atoms with Gasteiger partial charge >= 0.3 is 0 Å². The van der Waals surface area contributed by atoms with Gasteiger partial charge in [-0.05, 0) is 50.1 Å². The number of carbonyl (C=O) groups is 1. The van der Waals surface area contributed by atoms with Crippen LogP contribution in [-0.4, -0.2) is 22.2 Å². The van der Waals surface area contributed by atoms with Gasteiger partial charge < -0.3 is 5.32 Å². The molecule has 25 heavy (non-hydrogen) atoms. The number of carbonyl (C=O) groups excluding carboxylic acids is 1. The first-order valence-electron chi connectivity index (χ1n) is 8.20. The second-order valence-corrected chi connectivity index (χ2v) is 5.93. The van der Waals surface area contributed by atoms with Crippen molar-refractivity contribution in [1.82, 2.24) is 15.1 Å². The Morgan fingerprint density at radius 2 is 1.76 bits per heavy atom. The number of benzene rings is 2. The van der Waals surface area contributed by atoms with Gasteiger partial charge in [-0.25, -0.2) is 9.07 Å². The van der Waals surface area contributed by atoms with E-state index in [0.717, 1.165) is 17.8 Å². The molecule has 2 aromatic carbocycles. The van der Waals surface area contributed by atoms with Crippen LogP contribution in [0.3, 0.4) is 0 Å². The molecular formula is C20H20FN3O. The Bertz CT molecular complexity index is 870. The normalized spacial score (nSPS) is 10.7. The Hall–Kier alpha value is -2.95. The maximum atomic E-state index is 13.1. The van der Waals surface area contributed by atoms with Gasteiger partial charge in [0.25, 0.3) is 5.91 Å². The minimum absolute atomic E-state index is 0.140. The number of aryl methyl sites for hydroxylation is 1. The maximum Gasteiger partial charge on any atom is 0.255 e. The molecule has 0 saturated heterocycles. The fourth-order valence-corrected chi connectivity index (χ4v) is 2.86. The highest BCUT2D eigenvalue weighted by molar-refractivity contribution is 5.96. The summed E-state index contributed by atoms with van der Waals surface area (Å²) in [6.07, 6.45) is 0.775. The van der Waals surface area contributed by atoms with Gasteiger partial charge in [0.15, 0.2) is 0 Å². The molecule has 0 aliphatic rings. The molecule has 0 bridgehead atoms. The van der Waals surface area contributed by atoms with Crippen molar-refractivity contribution < 1.29 is 9.18 Å². The summed E-state index contributed by atoms with van der Waals surface area (Å²) in [7, 11) is 0. The third kappa shape index (κ3) is 3.76. The molecule has 4 nitrogen and oxygen atoms in total. The van der Waals surface area contributed by atoms with E-state index in [2.05, 4.69) is 10.4 Å². The number of rotatable bonds is 5. The van der Waals surface area contributed by atoms with E-state index in [0.29, 0.717) is 17.8 Å². The van der Waals surface area contributed by atoms with Gasteiger partial charge in [-0.3, -0.25) is 4.79 Å². The molecule has 5 heteroatoms. The van der Waals surface area contributed by atoms with Crippen LogP contribution in [0.15, 0.2) is 54.6 Å².